The molecule has 6 nitrogen and oxygen atoms in total. The van der Waals surface area contributed by atoms with Crippen LogP contribution in [0, 0.1) is 25.7 Å². The Hall–Kier alpha value is -2.63. The molecule has 2 heterocycles. The summed E-state index contributed by atoms with van der Waals surface area (Å²) in [7, 11) is 1.91. The number of amides is 2. The van der Waals surface area contributed by atoms with Gasteiger partial charge in [0.2, 0.25) is 11.8 Å². The number of piperidine rings is 1. The lowest BCUT2D eigenvalue weighted by molar-refractivity contribution is -0.131. The van der Waals surface area contributed by atoms with Crippen LogP contribution in [-0.2, 0) is 16.0 Å². The van der Waals surface area contributed by atoms with Gasteiger partial charge in [0.25, 0.3) is 0 Å². The largest absolute Gasteiger partial charge is 0.356 e. The van der Waals surface area contributed by atoms with Crippen LogP contribution in [0.3, 0.4) is 0 Å². The lowest BCUT2D eigenvalue weighted by Gasteiger charge is -2.25. The number of benzene rings is 1. The molecule has 1 aromatic carbocycles. The highest BCUT2D eigenvalue weighted by Gasteiger charge is 2.40. The molecule has 1 aliphatic carbocycles. The molecule has 6 heteroatoms. The third-order valence-corrected chi connectivity index (χ3v) is 6.54. The topological polar surface area (TPSA) is 67.2 Å². The van der Waals surface area contributed by atoms with E-state index in [0.717, 1.165) is 42.0 Å². The van der Waals surface area contributed by atoms with E-state index in [9.17, 15) is 9.59 Å². The fourth-order valence-electron chi connectivity index (χ4n) is 4.78. The number of rotatable bonds is 4. The van der Waals surface area contributed by atoms with Crippen LogP contribution >= 0.6 is 0 Å². The molecule has 0 bridgehead atoms. The van der Waals surface area contributed by atoms with Crippen molar-refractivity contribution in [1.29, 1.82) is 0 Å². The maximum absolute atomic E-state index is 13.0. The Morgan fingerprint density at radius 2 is 1.93 bits per heavy atom. The van der Waals surface area contributed by atoms with Crippen LogP contribution in [0.15, 0.2) is 30.3 Å². The number of nitrogens with zero attached hydrogens (tertiary/aromatic N) is 3. The molecule has 2 amide bonds. The smallest absolute Gasteiger partial charge is 0.227 e. The number of fused-ring (bicyclic) bond motifs is 1. The fraction of sp³-hybridized carbons (Fsp3) is 0.500. The monoisotopic (exact) mass is 380 g/mol. The average Bonchev–Trinajstić information content (AvgIpc) is 3.23. The van der Waals surface area contributed by atoms with Gasteiger partial charge in [0, 0.05) is 37.3 Å². The first-order valence-electron chi connectivity index (χ1n) is 10.1. The Labute approximate surface area is 165 Å². The van der Waals surface area contributed by atoms with Gasteiger partial charge in [-0.1, -0.05) is 18.2 Å². The highest BCUT2D eigenvalue weighted by molar-refractivity contribution is 5.80. The Morgan fingerprint density at radius 3 is 2.68 bits per heavy atom. The Morgan fingerprint density at radius 1 is 1.21 bits per heavy atom. The van der Waals surface area contributed by atoms with Crippen molar-refractivity contribution in [2.75, 3.05) is 13.6 Å². The lowest BCUT2D eigenvalue weighted by Crippen LogP contribution is -2.38. The van der Waals surface area contributed by atoms with Crippen molar-refractivity contribution in [3.8, 4) is 5.69 Å². The number of hydrogen-bond acceptors (Lipinski definition) is 3. The van der Waals surface area contributed by atoms with Crippen LogP contribution in [0.2, 0.25) is 0 Å². The summed E-state index contributed by atoms with van der Waals surface area (Å²) in [5, 5.41) is 7.62. The highest BCUT2D eigenvalue weighted by atomic mass is 16.2. The van der Waals surface area contributed by atoms with Gasteiger partial charge in [-0.3, -0.25) is 9.59 Å². The number of hydrogen-bond donors (Lipinski definition) is 1. The quantitative estimate of drug-likeness (QED) is 0.886. The van der Waals surface area contributed by atoms with Crippen molar-refractivity contribution in [3.63, 3.8) is 0 Å². The number of aromatic nitrogens is 2. The Balaban J connectivity index is 1.47. The summed E-state index contributed by atoms with van der Waals surface area (Å²) in [4.78, 5) is 26.6. The van der Waals surface area contributed by atoms with E-state index in [1.165, 1.54) is 0 Å². The van der Waals surface area contributed by atoms with Crippen molar-refractivity contribution in [1.82, 2.24) is 20.0 Å². The number of aryl methyl sites for hydroxylation is 1. The first kappa shape index (κ1) is 18.7. The fourth-order valence-corrected chi connectivity index (χ4v) is 4.78. The molecule has 1 saturated carbocycles. The van der Waals surface area contributed by atoms with Crippen LogP contribution < -0.4 is 5.32 Å². The van der Waals surface area contributed by atoms with Crippen molar-refractivity contribution < 1.29 is 9.59 Å². The Kier molecular flexibility index (Phi) is 4.96. The SMILES string of the molecule is Cc1nn(-c2ccccc2)c(C)c1CC(=O)N(C)[C@H]1C[C@H]2CC(=O)NC[C@H]2C1. The van der Waals surface area contributed by atoms with Crippen LogP contribution in [0.1, 0.15) is 36.2 Å². The standard InChI is InChI=1S/C22H28N4O2/c1-14-20(15(2)26(24-14)18-7-5-4-6-8-18)12-22(28)25(3)19-9-16-11-21(27)23-13-17(16)10-19/h4-8,16-17,19H,9-13H2,1-3H3,(H,23,27)/t16-,17+,19-/m0/s1. The molecule has 28 heavy (non-hydrogen) atoms. The van der Waals surface area contributed by atoms with E-state index in [-0.39, 0.29) is 17.9 Å². The van der Waals surface area contributed by atoms with E-state index in [1.54, 1.807) is 0 Å². The highest BCUT2D eigenvalue weighted by Crippen LogP contribution is 2.38. The molecule has 4 rings (SSSR count). The summed E-state index contributed by atoms with van der Waals surface area (Å²) in [6.07, 6.45) is 2.88. The summed E-state index contributed by atoms with van der Waals surface area (Å²) in [5.74, 6) is 1.19. The predicted octanol–water partition coefficient (Wildman–Crippen LogP) is 2.40. The molecular formula is C22H28N4O2. The molecule has 148 valence electrons. The van der Waals surface area contributed by atoms with Gasteiger partial charge in [0.1, 0.15) is 0 Å². The molecule has 1 N–H and O–H groups in total. The van der Waals surface area contributed by atoms with Gasteiger partial charge in [0.05, 0.1) is 17.8 Å². The van der Waals surface area contributed by atoms with Crippen molar-refractivity contribution in [2.24, 2.45) is 11.8 Å². The zero-order valence-electron chi connectivity index (χ0n) is 16.8. The second-order valence-corrected chi connectivity index (χ2v) is 8.23. The molecule has 1 aliphatic heterocycles. The molecule has 2 aliphatic rings. The first-order chi connectivity index (χ1) is 13.4. The molecule has 0 radical (unpaired) electrons. The van der Waals surface area contributed by atoms with Crippen molar-refractivity contribution in [3.05, 3.63) is 47.3 Å². The molecule has 0 spiro atoms. The van der Waals surface area contributed by atoms with E-state index in [1.807, 2.05) is 60.8 Å². The maximum Gasteiger partial charge on any atom is 0.227 e. The van der Waals surface area contributed by atoms with Gasteiger partial charge < -0.3 is 10.2 Å². The molecule has 2 aromatic rings. The number of para-hydroxylation sites is 1. The van der Waals surface area contributed by atoms with E-state index >= 15 is 0 Å². The molecule has 0 unspecified atom stereocenters. The summed E-state index contributed by atoms with van der Waals surface area (Å²) in [6, 6.07) is 10.2. The molecule has 2 fully saturated rings. The van der Waals surface area contributed by atoms with Crippen LogP contribution in [0.25, 0.3) is 5.69 Å². The minimum Gasteiger partial charge on any atom is -0.356 e. The van der Waals surface area contributed by atoms with Crippen molar-refractivity contribution >= 4 is 11.8 Å². The average molecular weight is 380 g/mol. The zero-order chi connectivity index (χ0) is 19.8. The third-order valence-electron chi connectivity index (χ3n) is 6.54. The van der Waals surface area contributed by atoms with Gasteiger partial charge in [-0.05, 0) is 50.7 Å². The second-order valence-electron chi connectivity index (χ2n) is 8.23. The normalized spacial score (nSPS) is 24.0. The molecule has 1 aromatic heterocycles. The van der Waals surface area contributed by atoms with Gasteiger partial charge in [0.15, 0.2) is 0 Å². The molecule has 1 saturated heterocycles. The van der Waals surface area contributed by atoms with Gasteiger partial charge in [-0.15, -0.1) is 0 Å². The van der Waals surface area contributed by atoms with Gasteiger partial charge in [-0.25, -0.2) is 4.68 Å². The minimum absolute atomic E-state index is 0.127. The predicted molar refractivity (Wildman–Crippen MR) is 107 cm³/mol. The van der Waals surface area contributed by atoms with Gasteiger partial charge >= 0.3 is 0 Å². The number of carbonyl (C=O) groups excluding carboxylic acids is 2. The lowest BCUT2D eigenvalue weighted by atomic mass is 9.89. The van der Waals surface area contributed by atoms with E-state index < -0.39 is 0 Å². The zero-order valence-corrected chi connectivity index (χ0v) is 16.8. The Bertz CT molecular complexity index is 889. The van der Waals surface area contributed by atoms with E-state index in [4.69, 9.17) is 0 Å². The summed E-state index contributed by atoms with van der Waals surface area (Å²) >= 11 is 0. The van der Waals surface area contributed by atoms with E-state index in [2.05, 4.69) is 10.4 Å². The van der Waals surface area contributed by atoms with Gasteiger partial charge in [-0.2, -0.15) is 5.10 Å². The summed E-state index contributed by atoms with van der Waals surface area (Å²) in [6.45, 7) is 4.75. The first-order valence-corrected chi connectivity index (χ1v) is 10.1. The minimum atomic E-state index is 0.127. The summed E-state index contributed by atoms with van der Waals surface area (Å²) in [5.41, 5.74) is 3.93. The second kappa shape index (κ2) is 7.41. The van der Waals surface area contributed by atoms with Crippen LogP contribution in [-0.4, -0.2) is 46.1 Å². The molecule has 3 atom stereocenters. The number of carbonyl (C=O) groups is 2. The van der Waals surface area contributed by atoms with E-state index in [0.29, 0.717) is 24.7 Å². The number of nitrogens with one attached hydrogen (secondary N) is 1. The third kappa shape index (κ3) is 3.43. The summed E-state index contributed by atoms with van der Waals surface area (Å²) < 4.78 is 1.92. The van der Waals surface area contributed by atoms with Crippen LogP contribution in [0.4, 0.5) is 0 Å². The molecular weight excluding hydrogens is 352 g/mol. The number of likely N-dealkylation sites (N-methyl/N-ethyl adjacent to an activating group) is 1. The maximum atomic E-state index is 13.0. The van der Waals surface area contributed by atoms with Crippen molar-refractivity contribution in [2.45, 2.75) is 45.6 Å². The van der Waals surface area contributed by atoms with Crippen LogP contribution in [0.5, 0.6) is 0 Å².